The highest BCUT2D eigenvalue weighted by Gasteiger charge is 2.32. The summed E-state index contributed by atoms with van der Waals surface area (Å²) in [5.74, 6) is -0.280. The van der Waals surface area contributed by atoms with E-state index in [0.29, 0.717) is 11.3 Å². The normalized spacial score (nSPS) is 14.5. The maximum atomic E-state index is 12.6. The molecule has 2 heterocycles. The molecular formula is C14H13N3O3S. The lowest BCUT2D eigenvalue weighted by atomic mass is 10.2. The lowest BCUT2D eigenvalue weighted by Crippen LogP contribution is -2.43. The summed E-state index contributed by atoms with van der Waals surface area (Å²) in [5.41, 5.74) is 1.08. The van der Waals surface area contributed by atoms with E-state index in [4.69, 9.17) is 0 Å². The summed E-state index contributed by atoms with van der Waals surface area (Å²) in [4.78, 5) is 15.8. The van der Waals surface area contributed by atoms with E-state index in [9.17, 15) is 13.2 Å². The monoisotopic (exact) mass is 303 g/mol. The molecule has 0 spiro atoms. The van der Waals surface area contributed by atoms with E-state index in [1.54, 1.807) is 36.4 Å². The lowest BCUT2D eigenvalue weighted by Gasteiger charge is -2.28. The molecule has 1 N–H and O–H groups in total. The summed E-state index contributed by atoms with van der Waals surface area (Å²) < 4.78 is 26.2. The molecule has 21 heavy (non-hydrogen) atoms. The van der Waals surface area contributed by atoms with Gasteiger partial charge in [0, 0.05) is 6.20 Å². The average molecular weight is 303 g/mol. The van der Waals surface area contributed by atoms with Crippen molar-refractivity contribution in [1.29, 1.82) is 0 Å². The average Bonchev–Trinajstić information content (AvgIpc) is 2.47. The summed E-state index contributed by atoms with van der Waals surface area (Å²) in [6, 6.07) is 12.1. The number of carbonyl (C=O) groups is 1. The Labute approximate surface area is 122 Å². The van der Waals surface area contributed by atoms with Gasteiger partial charge in [0.1, 0.15) is 6.54 Å². The highest BCUT2D eigenvalue weighted by Crippen LogP contribution is 2.29. The van der Waals surface area contributed by atoms with Crippen molar-refractivity contribution in [3.8, 4) is 0 Å². The van der Waals surface area contributed by atoms with Crippen molar-refractivity contribution in [3.63, 3.8) is 0 Å². The Morgan fingerprint density at radius 3 is 2.67 bits per heavy atom. The Morgan fingerprint density at radius 1 is 1.14 bits per heavy atom. The van der Waals surface area contributed by atoms with E-state index in [-0.39, 0.29) is 24.0 Å². The fourth-order valence-electron chi connectivity index (χ4n) is 2.18. The van der Waals surface area contributed by atoms with Crippen molar-refractivity contribution in [1.82, 2.24) is 4.98 Å². The molecule has 0 bridgehead atoms. The third-order valence-corrected chi connectivity index (χ3v) is 4.78. The molecule has 7 heteroatoms. The molecule has 1 aliphatic heterocycles. The molecule has 0 radical (unpaired) electrons. The Kier molecular flexibility index (Phi) is 3.34. The summed E-state index contributed by atoms with van der Waals surface area (Å²) >= 11 is 0. The van der Waals surface area contributed by atoms with Crippen molar-refractivity contribution in [3.05, 3.63) is 54.2 Å². The van der Waals surface area contributed by atoms with Gasteiger partial charge in [0.05, 0.1) is 11.4 Å². The lowest BCUT2D eigenvalue weighted by molar-refractivity contribution is -0.115. The van der Waals surface area contributed by atoms with Crippen LogP contribution in [0.2, 0.25) is 0 Å². The summed E-state index contributed by atoms with van der Waals surface area (Å²) in [7, 11) is -3.67. The minimum Gasteiger partial charge on any atom is -0.321 e. The predicted molar refractivity (Wildman–Crippen MR) is 79.3 cm³/mol. The van der Waals surface area contributed by atoms with Crippen LogP contribution in [-0.4, -0.2) is 25.9 Å². The van der Waals surface area contributed by atoms with Crippen molar-refractivity contribution in [2.24, 2.45) is 0 Å². The molecule has 6 nitrogen and oxygen atoms in total. The van der Waals surface area contributed by atoms with E-state index in [2.05, 4.69) is 10.3 Å². The number of sulfonamides is 1. The van der Waals surface area contributed by atoms with Crippen molar-refractivity contribution >= 4 is 27.4 Å². The maximum absolute atomic E-state index is 12.6. The number of pyridine rings is 1. The molecule has 0 unspecified atom stereocenters. The number of rotatable bonds is 3. The van der Waals surface area contributed by atoms with Gasteiger partial charge in [0.25, 0.3) is 0 Å². The van der Waals surface area contributed by atoms with Gasteiger partial charge >= 0.3 is 0 Å². The topological polar surface area (TPSA) is 79.4 Å². The first-order valence-electron chi connectivity index (χ1n) is 6.35. The molecule has 108 valence electrons. The van der Waals surface area contributed by atoms with Crippen LogP contribution in [0, 0.1) is 0 Å². The largest absolute Gasteiger partial charge is 0.321 e. The zero-order valence-electron chi connectivity index (χ0n) is 11.1. The van der Waals surface area contributed by atoms with Gasteiger partial charge in [-0.15, -0.1) is 0 Å². The van der Waals surface area contributed by atoms with Crippen LogP contribution in [-0.2, 0) is 20.6 Å². The third-order valence-electron chi connectivity index (χ3n) is 3.11. The Balaban J connectivity index is 1.98. The highest BCUT2D eigenvalue weighted by atomic mass is 32.2. The molecule has 0 saturated heterocycles. The number of nitrogens with one attached hydrogen (secondary N) is 1. The highest BCUT2D eigenvalue weighted by molar-refractivity contribution is 7.92. The van der Waals surface area contributed by atoms with E-state index >= 15 is 0 Å². The maximum Gasteiger partial charge on any atom is 0.245 e. The minimum atomic E-state index is -3.67. The number of hydrogen-bond acceptors (Lipinski definition) is 4. The quantitative estimate of drug-likeness (QED) is 0.929. The first kappa shape index (κ1) is 13.6. The second-order valence-electron chi connectivity index (χ2n) is 4.67. The number of aromatic nitrogens is 1. The van der Waals surface area contributed by atoms with Crippen LogP contribution in [0.5, 0.6) is 0 Å². The zero-order chi connectivity index (χ0) is 14.9. The fourth-order valence-corrected chi connectivity index (χ4v) is 3.67. The molecule has 0 atom stereocenters. The summed E-state index contributed by atoms with van der Waals surface area (Å²) in [6.07, 6.45) is 1.50. The second kappa shape index (κ2) is 5.17. The van der Waals surface area contributed by atoms with Crippen LogP contribution < -0.4 is 9.62 Å². The van der Waals surface area contributed by atoms with Crippen molar-refractivity contribution in [2.45, 2.75) is 5.75 Å². The van der Waals surface area contributed by atoms with Gasteiger partial charge in [-0.3, -0.25) is 4.79 Å². The zero-order valence-corrected chi connectivity index (χ0v) is 11.9. The first-order valence-corrected chi connectivity index (χ1v) is 7.96. The molecule has 1 amide bonds. The van der Waals surface area contributed by atoms with Crippen LogP contribution in [0.3, 0.4) is 0 Å². The summed E-state index contributed by atoms with van der Waals surface area (Å²) in [5, 5.41) is 2.62. The van der Waals surface area contributed by atoms with Gasteiger partial charge < -0.3 is 5.32 Å². The molecule has 0 aliphatic carbocycles. The van der Waals surface area contributed by atoms with Crippen LogP contribution in [0.1, 0.15) is 5.56 Å². The van der Waals surface area contributed by atoms with Crippen molar-refractivity contribution in [2.75, 3.05) is 16.2 Å². The molecule has 2 aromatic rings. The van der Waals surface area contributed by atoms with Crippen LogP contribution in [0.25, 0.3) is 0 Å². The Morgan fingerprint density at radius 2 is 1.90 bits per heavy atom. The number of anilines is 2. The van der Waals surface area contributed by atoms with Crippen LogP contribution in [0.4, 0.5) is 11.5 Å². The van der Waals surface area contributed by atoms with Gasteiger partial charge in [0.15, 0.2) is 5.82 Å². The smallest absolute Gasteiger partial charge is 0.245 e. The fraction of sp³-hybridized carbons (Fsp3) is 0.143. The number of nitrogens with zero attached hydrogens (tertiary/aromatic N) is 2. The van der Waals surface area contributed by atoms with Crippen LogP contribution >= 0.6 is 0 Å². The number of fused-ring (bicyclic) bond motifs is 1. The molecule has 1 aromatic heterocycles. The third kappa shape index (κ3) is 2.73. The Hall–Kier alpha value is -2.41. The second-order valence-corrected chi connectivity index (χ2v) is 6.56. The molecule has 1 aromatic carbocycles. The number of benzene rings is 1. The molecule has 0 saturated carbocycles. The molecular weight excluding hydrogens is 290 g/mol. The Bertz CT molecular complexity index is 775. The van der Waals surface area contributed by atoms with Gasteiger partial charge in [-0.25, -0.2) is 17.7 Å². The van der Waals surface area contributed by atoms with E-state index in [1.807, 2.05) is 6.07 Å². The molecule has 0 fully saturated rings. The first-order chi connectivity index (χ1) is 10.1. The SMILES string of the molecule is O=C1CN(S(=O)(=O)Cc2ccccc2)c2ncccc2N1. The molecule has 1 aliphatic rings. The van der Waals surface area contributed by atoms with Crippen molar-refractivity contribution < 1.29 is 13.2 Å². The van der Waals surface area contributed by atoms with Gasteiger partial charge in [0.2, 0.25) is 15.9 Å². The van der Waals surface area contributed by atoms with Crippen LogP contribution in [0.15, 0.2) is 48.7 Å². The number of hydrogen-bond donors (Lipinski definition) is 1. The van der Waals surface area contributed by atoms with Gasteiger partial charge in [-0.2, -0.15) is 0 Å². The predicted octanol–water partition coefficient (Wildman–Crippen LogP) is 1.37. The van der Waals surface area contributed by atoms with E-state index in [0.717, 1.165) is 4.31 Å². The number of carbonyl (C=O) groups excluding carboxylic acids is 1. The van der Waals surface area contributed by atoms with E-state index in [1.165, 1.54) is 6.20 Å². The van der Waals surface area contributed by atoms with E-state index < -0.39 is 10.0 Å². The minimum absolute atomic E-state index is 0.170. The number of amides is 1. The summed E-state index contributed by atoms with van der Waals surface area (Å²) in [6.45, 7) is -0.251. The molecule has 3 rings (SSSR count). The standard InChI is InChI=1S/C14H13N3O3S/c18-13-9-17(14-12(16-13)7-4-8-15-14)21(19,20)10-11-5-2-1-3-6-11/h1-8H,9-10H2,(H,16,18). The van der Waals surface area contributed by atoms with Gasteiger partial charge in [-0.05, 0) is 17.7 Å². The van der Waals surface area contributed by atoms with Gasteiger partial charge in [-0.1, -0.05) is 30.3 Å².